The number of anilines is 1. The number of carbonyl (C=O) groups is 2. The smallest absolute Gasteiger partial charge is 0.315 e. The maximum absolute atomic E-state index is 13.1. The summed E-state index contributed by atoms with van der Waals surface area (Å²) in [6, 6.07) is 21.1. The topological polar surface area (TPSA) is 55.4 Å². The standard InChI is InChI=1S/C21H16FNO3/c22-17-8-4-5-15(13-17)14-20(24)26-19-11-9-18(10-12-19)23-21(25)16-6-2-1-3-7-16/h1-13H,14H2,(H,23,25). The van der Waals surface area contributed by atoms with Crippen LogP contribution in [-0.2, 0) is 11.2 Å². The molecule has 4 nitrogen and oxygen atoms in total. The number of hydrogen-bond acceptors (Lipinski definition) is 3. The van der Waals surface area contributed by atoms with Crippen LogP contribution >= 0.6 is 0 Å². The Morgan fingerprint density at radius 1 is 0.885 bits per heavy atom. The van der Waals surface area contributed by atoms with Crippen molar-refractivity contribution in [3.8, 4) is 5.75 Å². The van der Waals surface area contributed by atoms with Crippen molar-refractivity contribution >= 4 is 17.6 Å². The molecule has 0 spiro atoms. The predicted molar refractivity (Wildman–Crippen MR) is 96.6 cm³/mol. The zero-order valence-electron chi connectivity index (χ0n) is 13.8. The number of rotatable bonds is 5. The van der Waals surface area contributed by atoms with Gasteiger partial charge in [-0.2, -0.15) is 0 Å². The second kappa shape index (κ2) is 8.07. The van der Waals surface area contributed by atoms with Gasteiger partial charge in [0.2, 0.25) is 0 Å². The Labute approximate surface area is 150 Å². The van der Waals surface area contributed by atoms with Gasteiger partial charge in [-0.1, -0.05) is 30.3 Å². The lowest BCUT2D eigenvalue weighted by atomic mass is 10.1. The summed E-state index contributed by atoms with van der Waals surface area (Å²) < 4.78 is 18.4. The van der Waals surface area contributed by atoms with Crippen molar-refractivity contribution in [1.29, 1.82) is 0 Å². The van der Waals surface area contributed by atoms with Gasteiger partial charge >= 0.3 is 5.97 Å². The molecule has 1 amide bonds. The quantitative estimate of drug-likeness (QED) is 0.554. The van der Waals surface area contributed by atoms with Gasteiger partial charge in [-0.3, -0.25) is 9.59 Å². The SMILES string of the molecule is O=C(Cc1cccc(F)c1)Oc1ccc(NC(=O)c2ccccc2)cc1. The van der Waals surface area contributed by atoms with Crippen LogP contribution in [0.2, 0.25) is 0 Å². The number of halogens is 1. The molecule has 3 rings (SSSR count). The molecule has 1 N–H and O–H groups in total. The summed E-state index contributed by atoms with van der Waals surface area (Å²) in [5.41, 5.74) is 1.68. The van der Waals surface area contributed by atoms with Crippen molar-refractivity contribution in [2.75, 3.05) is 5.32 Å². The van der Waals surface area contributed by atoms with Crippen molar-refractivity contribution in [3.05, 3.63) is 95.8 Å². The highest BCUT2D eigenvalue weighted by molar-refractivity contribution is 6.04. The van der Waals surface area contributed by atoms with E-state index in [2.05, 4.69) is 5.32 Å². The van der Waals surface area contributed by atoms with Crippen LogP contribution in [0.3, 0.4) is 0 Å². The van der Waals surface area contributed by atoms with E-state index in [0.29, 0.717) is 22.6 Å². The van der Waals surface area contributed by atoms with E-state index in [1.807, 2.05) is 6.07 Å². The van der Waals surface area contributed by atoms with E-state index in [9.17, 15) is 14.0 Å². The maximum Gasteiger partial charge on any atom is 0.315 e. The summed E-state index contributed by atoms with van der Waals surface area (Å²) >= 11 is 0. The van der Waals surface area contributed by atoms with Crippen LogP contribution in [-0.4, -0.2) is 11.9 Å². The maximum atomic E-state index is 13.1. The van der Waals surface area contributed by atoms with Gasteiger partial charge in [-0.05, 0) is 54.1 Å². The minimum absolute atomic E-state index is 0.0236. The monoisotopic (exact) mass is 349 g/mol. The molecule has 0 heterocycles. The highest BCUT2D eigenvalue weighted by Crippen LogP contribution is 2.17. The normalized spacial score (nSPS) is 10.2. The van der Waals surface area contributed by atoms with Crippen molar-refractivity contribution in [1.82, 2.24) is 0 Å². The molecule has 0 bridgehead atoms. The summed E-state index contributed by atoms with van der Waals surface area (Å²) in [5.74, 6) is -0.754. The Bertz CT molecular complexity index is 908. The van der Waals surface area contributed by atoms with Gasteiger partial charge in [0.05, 0.1) is 6.42 Å². The predicted octanol–water partition coefficient (Wildman–Crippen LogP) is 4.23. The van der Waals surface area contributed by atoms with E-state index in [-0.39, 0.29) is 12.3 Å². The van der Waals surface area contributed by atoms with Crippen LogP contribution in [0, 0.1) is 5.82 Å². The average molecular weight is 349 g/mol. The number of esters is 1. The molecule has 0 radical (unpaired) electrons. The van der Waals surface area contributed by atoms with E-state index in [1.54, 1.807) is 60.7 Å². The Morgan fingerprint density at radius 3 is 2.31 bits per heavy atom. The minimum atomic E-state index is -0.489. The molecule has 5 heteroatoms. The number of amides is 1. The molecule has 0 saturated heterocycles. The Balaban J connectivity index is 1.57. The lowest BCUT2D eigenvalue weighted by molar-refractivity contribution is -0.133. The number of nitrogens with one attached hydrogen (secondary N) is 1. The number of benzene rings is 3. The van der Waals surface area contributed by atoms with Crippen molar-refractivity contribution < 1.29 is 18.7 Å². The van der Waals surface area contributed by atoms with Gasteiger partial charge in [0.1, 0.15) is 11.6 Å². The van der Waals surface area contributed by atoms with Gasteiger partial charge in [-0.25, -0.2) is 4.39 Å². The fourth-order valence-corrected chi connectivity index (χ4v) is 2.38. The van der Waals surface area contributed by atoms with Gasteiger partial charge < -0.3 is 10.1 Å². The van der Waals surface area contributed by atoms with Crippen LogP contribution < -0.4 is 10.1 Å². The van der Waals surface area contributed by atoms with Crippen LogP contribution in [0.5, 0.6) is 5.75 Å². The van der Waals surface area contributed by atoms with E-state index in [0.717, 1.165) is 0 Å². The molecular weight excluding hydrogens is 333 g/mol. The first-order valence-corrected chi connectivity index (χ1v) is 8.02. The molecule has 3 aromatic carbocycles. The molecule has 3 aromatic rings. The molecule has 0 aliphatic rings. The molecule has 0 saturated carbocycles. The number of ether oxygens (including phenoxy) is 1. The Hall–Kier alpha value is -3.47. The summed E-state index contributed by atoms with van der Waals surface area (Å²) in [4.78, 5) is 24.0. The zero-order valence-corrected chi connectivity index (χ0v) is 13.8. The third-order valence-electron chi connectivity index (χ3n) is 3.62. The average Bonchev–Trinajstić information content (AvgIpc) is 2.64. The lowest BCUT2D eigenvalue weighted by Gasteiger charge is -2.07. The highest BCUT2D eigenvalue weighted by atomic mass is 19.1. The second-order valence-electron chi connectivity index (χ2n) is 5.63. The Morgan fingerprint density at radius 2 is 1.62 bits per heavy atom. The van der Waals surface area contributed by atoms with Gasteiger partial charge in [0, 0.05) is 11.3 Å². The summed E-state index contributed by atoms with van der Waals surface area (Å²) in [6.07, 6.45) is -0.0236. The molecule has 0 fully saturated rings. The third-order valence-corrected chi connectivity index (χ3v) is 3.62. The number of hydrogen-bond donors (Lipinski definition) is 1. The van der Waals surface area contributed by atoms with Crippen molar-refractivity contribution in [3.63, 3.8) is 0 Å². The van der Waals surface area contributed by atoms with E-state index in [4.69, 9.17) is 4.74 Å². The molecule has 0 aromatic heterocycles. The fourth-order valence-electron chi connectivity index (χ4n) is 2.38. The van der Waals surface area contributed by atoms with Crippen LogP contribution in [0.1, 0.15) is 15.9 Å². The molecule has 26 heavy (non-hydrogen) atoms. The number of carbonyl (C=O) groups excluding carboxylic acids is 2. The lowest BCUT2D eigenvalue weighted by Crippen LogP contribution is -2.12. The van der Waals surface area contributed by atoms with Gasteiger partial charge in [0.25, 0.3) is 5.91 Å². The summed E-state index contributed by atoms with van der Waals surface area (Å²) in [6.45, 7) is 0. The fraction of sp³-hybridized carbons (Fsp3) is 0.0476. The van der Waals surface area contributed by atoms with Crippen LogP contribution in [0.4, 0.5) is 10.1 Å². The largest absolute Gasteiger partial charge is 0.426 e. The first-order valence-electron chi connectivity index (χ1n) is 8.02. The van der Waals surface area contributed by atoms with E-state index >= 15 is 0 Å². The van der Waals surface area contributed by atoms with Gasteiger partial charge in [0.15, 0.2) is 0 Å². The van der Waals surface area contributed by atoms with Crippen molar-refractivity contribution in [2.45, 2.75) is 6.42 Å². The second-order valence-corrected chi connectivity index (χ2v) is 5.63. The summed E-state index contributed by atoms with van der Waals surface area (Å²) in [7, 11) is 0. The Kier molecular flexibility index (Phi) is 5.39. The molecule has 0 unspecified atom stereocenters. The molecule has 130 valence electrons. The summed E-state index contributed by atoms with van der Waals surface area (Å²) in [5, 5.41) is 2.76. The van der Waals surface area contributed by atoms with Gasteiger partial charge in [-0.15, -0.1) is 0 Å². The first-order chi connectivity index (χ1) is 12.6. The molecule has 0 aliphatic heterocycles. The minimum Gasteiger partial charge on any atom is -0.426 e. The molecule has 0 atom stereocenters. The molecular formula is C21H16FNO3. The van der Waals surface area contributed by atoms with E-state index in [1.165, 1.54) is 12.1 Å². The third kappa shape index (κ3) is 4.77. The van der Waals surface area contributed by atoms with E-state index < -0.39 is 11.8 Å². The first kappa shape index (κ1) is 17.4. The zero-order chi connectivity index (χ0) is 18.4. The molecule has 0 aliphatic carbocycles. The van der Waals surface area contributed by atoms with Crippen LogP contribution in [0.25, 0.3) is 0 Å². The highest BCUT2D eigenvalue weighted by Gasteiger charge is 2.09. The van der Waals surface area contributed by atoms with Crippen molar-refractivity contribution in [2.24, 2.45) is 0 Å². The van der Waals surface area contributed by atoms with Crippen LogP contribution in [0.15, 0.2) is 78.9 Å².